The summed E-state index contributed by atoms with van der Waals surface area (Å²) in [6, 6.07) is 6.33. The lowest BCUT2D eigenvalue weighted by molar-refractivity contribution is -0.126. The third-order valence-electron chi connectivity index (χ3n) is 4.40. The fraction of sp³-hybridized carbons (Fsp3) is 0.588. The maximum absolute atomic E-state index is 12.8. The van der Waals surface area contributed by atoms with Gasteiger partial charge in [0.2, 0.25) is 5.91 Å². The van der Waals surface area contributed by atoms with Crippen LogP contribution < -0.4 is 5.32 Å². The minimum absolute atomic E-state index is 0.0993. The van der Waals surface area contributed by atoms with Crippen molar-refractivity contribution in [3.63, 3.8) is 0 Å². The molecule has 0 bridgehead atoms. The van der Waals surface area contributed by atoms with E-state index < -0.39 is 10.2 Å². The molecule has 1 aliphatic rings. The van der Waals surface area contributed by atoms with E-state index in [2.05, 4.69) is 5.32 Å². The third kappa shape index (κ3) is 5.49. The fourth-order valence-electron chi connectivity index (χ4n) is 2.90. The molecule has 0 saturated carbocycles. The van der Waals surface area contributed by atoms with Gasteiger partial charge in [-0.3, -0.25) is 4.79 Å². The monoisotopic (exact) mass is 371 g/mol. The van der Waals surface area contributed by atoms with Crippen molar-refractivity contribution in [1.29, 1.82) is 0 Å². The summed E-state index contributed by atoms with van der Waals surface area (Å²) in [5.41, 5.74) is 1.02. The van der Waals surface area contributed by atoms with Crippen LogP contribution in [0, 0.1) is 11.7 Å². The lowest BCUT2D eigenvalue weighted by Gasteiger charge is -2.32. The highest BCUT2D eigenvalue weighted by Crippen LogP contribution is 2.20. The van der Waals surface area contributed by atoms with Crippen LogP contribution in [0.25, 0.3) is 0 Å². The van der Waals surface area contributed by atoms with Gasteiger partial charge >= 0.3 is 0 Å². The van der Waals surface area contributed by atoms with Crippen LogP contribution >= 0.6 is 0 Å². The first-order valence-corrected chi connectivity index (χ1v) is 9.90. The first kappa shape index (κ1) is 19.8. The highest BCUT2D eigenvalue weighted by molar-refractivity contribution is 7.86. The Kier molecular flexibility index (Phi) is 6.92. The smallest absolute Gasteiger partial charge is 0.281 e. The van der Waals surface area contributed by atoms with Crippen molar-refractivity contribution in [1.82, 2.24) is 13.9 Å². The number of carbonyl (C=O) groups excluding carboxylic acids is 1. The summed E-state index contributed by atoms with van der Waals surface area (Å²) in [6.45, 7) is 1.20. The molecule has 2 rings (SSSR count). The Labute approximate surface area is 149 Å². The van der Waals surface area contributed by atoms with Gasteiger partial charge < -0.3 is 5.32 Å². The number of amides is 1. The predicted octanol–water partition coefficient (Wildman–Crippen LogP) is 1.39. The molecule has 1 heterocycles. The second-order valence-corrected chi connectivity index (χ2v) is 8.65. The number of nitrogens with zero attached hydrogens (tertiary/aromatic N) is 2. The normalized spacial score (nSPS) is 19.1. The number of aryl methyl sites for hydroxylation is 1. The molecule has 8 heteroatoms. The van der Waals surface area contributed by atoms with Crippen LogP contribution in [-0.2, 0) is 21.4 Å². The number of benzene rings is 1. The van der Waals surface area contributed by atoms with E-state index in [9.17, 15) is 17.6 Å². The molecule has 0 aliphatic carbocycles. The number of nitrogens with one attached hydrogen (secondary N) is 1. The number of hydrogen-bond acceptors (Lipinski definition) is 3. The lowest BCUT2D eigenvalue weighted by Crippen LogP contribution is -2.48. The van der Waals surface area contributed by atoms with Gasteiger partial charge in [0.25, 0.3) is 10.2 Å². The second-order valence-electron chi connectivity index (χ2n) is 6.51. The van der Waals surface area contributed by atoms with E-state index in [4.69, 9.17) is 0 Å². The predicted molar refractivity (Wildman–Crippen MR) is 94.6 cm³/mol. The van der Waals surface area contributed by atoms with E-state index in [1.165, 1.54) is 34.8 Å². The second kappa shape index (κ2) is 8.73. The molecule has 25 heavy (non-hydrogen) atoms. The van der Waals surface area contributed by atoms with Gasteiger partial charge in [-0.05, 0) is 43.4 Å². The molecule has 1 aromatic rings. The lowest BCUT2D eigenvalue weighted by atomic mass is 9.99. The zero-order chi connectivity index (χ0) is 18.4. The Balaban J connectivity index is 1.77. The van der Waals surface area contributed by atoms with E-state index in [0.29, 0.717) is 25.9 Å². The van der Waals surface area contributed by atoms with E-state index >= 15 is 0 Å². The third-order valence-corrected chi connectivity index (χ3v) is 6.30. The summed E-state index contributed by atoms with van der Waals surface area (Å²) in [4.78, 5) is 12.3. The Morgan fingerprint density at radius 3 is 2.64 bits per heavy atom. The molecule has 1 aliphatic heterocycles. The summed E-state index contributed by atoms with van der Waals surface area (Å²) in [5.74, 6) is -0.668. The van der Waals surface area contributed by atoms with E-state index in [-0.39, 0.29) is 24.2 Å². The Hall–Kier alpha value is -1.51. The topological polar surface area (TPSA) is 69.7 Å². The zero-order valence-electron chi connectivity index (χ0n) is 14.7. The molecule has 0 aromatic heterocycles. The average Bonchev–Trinajstić information content (AvgIpc) is 2.60. The van der Waals surface area contributed by atoms with Gasteiger partial charge in [0.15, 0.2) is 0 Å². The summed E-state index contributed by atoms with van der Waals surface area (Å²) in [6.07, 6.45) is 2.89. The molecule has 1 aromatic carbocycles. The summed E-state index contributed by atoms with van der Waals surface area (Å²) in [7, 11) is -0.486. The minimum atomic E-state index is -3.48. The fourth-order valence-corrected chi connectivity index (χ4v) is 4.09. The highest BCUT2D eigenvalue weighted by Gasteiger charge is 2.33. The minimum Gasteiger partial charge on any atom is -0.356 e. The molecular weight excluding hydrogens is 345 g/mol. The molecule has 1 atom stereocenters. The van der Waals surface area contributed by atoms with Gasteiger partial charge in [-0.15, -0.1) is 0 Å². The average molecular weight is 371 g/mol. The Morgan fingerprint density at radius 1 is 1.32 bits per heavy atom. The maximum atomic E-state index is 12.8. The van der Waals surface area contributed by atoms with Crippen LogP contribution in [0.2, 0.25) is 0 Å². The summed E-state index contributed by atoms with van der Waals surface area (Å²) in [5, 5.41) is 2.89. The van der Waals surface area contributed by atoms with Crippen molar-refractivity contribution in [2.45, 2.75) is 25.7 Å². The number of hydrogen-bond donors (Lipinski definition) is 1. The standard InChI is InChI=1S/C17H26FN3O3S/c1-20(2)25(23,24)21-12-4-6-15(13-21)17(22)19-11-3-5-14-7-9-16(18)10-8-14/h7-10,15H,3-6,11-13H2,1-2H3,(H,19,22)/t15-/m1/s1. The van der Waals surface area contributed by atoms with Crippen molar-refractivity contribution in [3.8, 4) is 0 Å². The first-order chi connectivity index (χ1) is 11.8. The van der Waals surface area contributed by atoms with Crippen LogP contribution in [0.15, 0.2) is 24.3 Å². The molecule has 1 fully saturated rings. The molecule has 0 spiro atoms. The molecule has 1 N–H and O–H groups in total. The van der Waals surface area contributed by atoms with Gasteiger partial charge in [0.1, 0.15) is 5.82 Å². The van der Waals surface area contributed by atoms with Crippen LogP contribution in [0.5, 0.6) is 0 Å². The zero-order valence-corrected chi connectivity index (χ0v) is 15.6. The van der Waals surface area contributed by atoms with Crippen molar-refractivity contribution in [2.24, 2.45) is 5.92 Å². The van der Waals surface area contributed by atoms with Crippen molar-refractivity contribution < 1.29 is 17.6 Å². The maximum Gasteiger partial charge on any atom is 0.281 e. The molecule has 1 saturated heterocycles. The molecule has 140 valence electrons. The van der Waals surface area contributed by atoms with Gasteiger partial charge in [-0.2, -0.15) is 17.0 Å². The van der Waals surface area contributed by atoms with Gasteiger partial charge in [0, 0.05) is 33.7 Å². The molecule has 1 amide bonds. The first-order valence-electron chi connectivity index (χ1n) is 8.50. The van der Waals surface area contributed by atoms with Crippen LogP contribution in [0.4, 0.5) is 4.39 Å². The Morgan fingerprint density at radius 2 is 2.00 bits per heavy atom. The van der Waals surface area contributed by atoms with Crippen LogP contribution in [0.3, 0.4) is 0 Å². The van der Waals surface area contributed by atoms with Crippen molar-refractivity contribution in [2.75, 3.05) is 33.7 Å². The summed E-state index contributed by atoms with van der Waals surface area (Å²) < 4.78 is 39.8. The van der Waals surface area contributed by atoms with Gasteiger partial charge in [-0.1, -0.05) is 12.1 Å². The van der Waals surface area contributed by atoms with Crippen LogP contribution in [-0.4, -0.2) is 56.7 Å². The number of halogens is 1. The highest BCUT2D eigenvalue weighted by atomic mass is 32.2. The number of carbonyl (C=O) groups is 1. The Bertz CT molecular complexity index is 677. The number of rotatable bonds is 7. The van der Waals surface area contributed by atoms with Gasteiger partial charge in [0.05, 0.1) is 5.92 Å². The number of piperidine rings is 1. The van der Waals surface area contributed by atoms with E-state index in [0.717, 1.165) is 18.4 Å². The van der Waals surface area contributed by atoms with Crippen molar-refractivity contribution >= 4 is 16.1 Å². The van der Waals surface area contributed by atoms with Crippen LogP contribution in [0.1, 0.15) is 24.8 Å². The van der Waals surface area contributed by atoms with E-state index in [1.807, 2.05) is 0 Å². The summed E-state index contributed by atoms with van der Waals surface area (Å²) >= 11 is 0. The van der Waals surface area contributed by atoms with E-state index in [1.54, 1.807) is 12.1 Å². The molecule has 0 unspecified atom stereocenters. The molecular formula is C17H26FN3O3S. The quantitative estimate of drug-likeness (QED) is 0.737. The molecule has 0 radical (unpaired) electrons. The SMILES string of the molecule is CN(C)S(=O)(=O)N1CCC[C@@H](C(=O)NCCCc2ccc(F)cc2)C1. The largest absolute Gasteiger partial charge is 0.356 e. The molecule has 6 nitrogen and oxygen atoms in total. The van der Waals surface area contributed by atoms with Crippen molar-refractivity contribution in [3.05, 3.63) is 35.6 Å². The van der Waals surface area contributed by atoms with Gasteiger partial charge in [-0.25, -0.2) is 4.39 Å².